The lowest BCUT2D eigenvalue weighted by molar-refractivity contribution is -0.116. The Hall–Kier alpha value is -2.56. The molecule has 0 aliphatic rings. The quantitative estimate of drug-likeness (QED) is 0.735. The van der Waals surface area contributed by atoms with Gasteiger partial charge in [0.2, 0.25) is 5.91 Å². The molecule has 0 fully saturated rings. The summed E-state index contributed by atoms with van der Waals surface area (Å²) < 4.78 is 5.79. The van der Waals surface area contributed by atoms with Gasteiger partial charge >= 0.3 is 0 Å². The summed E-state index contributed by atoms with van der Waals surface area (Å²) in [5, 5.41) is 6.10. The smallest absolute Gasteiger partial charge is 0.225 e. The molecule has 5 heteroatoms. The number of nitrogens with zero attached hydrogens (tertiary/aromatic N) is 1. The number of benzene rings is 1. The van der Waals surface area contributed by atoms with Crippen LogP contribution in [-0.2, 0) is 4.79 Å². The summed E-state index contributed by atoms with van der Waals surface area (Å²) in [6, 6.07) is 11.4. The van der Waals surface area contributed by atoms with Gasteiger partial charge in [0.15, 0.2) is 0 Å². The Labute approximate surface area is 143 Å². The number of pyridine rings is 1. The van der Waals surface area contributed by atoms with Crippen molar-refractivity contribution < 1.29 is 9.53 Å². The van der Waals surface area contributed by atoms with Gasteiger partial charge in [0, 0.05) is 6.42 Å². The van der Waals surface area contributed by atoms with Gasteiger partial charge in [0.1, 0.15) is 11.6 Å². The fraction of sp³-hybridized carbons (Fsp3) is 0.368. The number of carbonyl (C=O) groups is 1. The van der Waals surface area contributed by atoms with E-state index in [2.05, 4.69) is 22.5 Å². The lowest BCUT2D eigenvalue weighted by atomic mass is 10.2. The molecule has 5 nitrogen and oxygen atoms in total. The van der Waals surface area contributed by atoms with Gasteiger partial charge in [-0.3, -0.25) is 4.79 Å². The molecule has 2 aromatic rings. The Morgan fingerprint density at radius 1 is 1.21 bits per heavy atom. The number of amides is 1. The van der Waals surface area contributed by atoms with E-state index < -0.39 is 0 Å². The number of rotatable bonds is 8. The van der Waals surface area contributed by atoms with Crippen LogP contribution in [0, 0.1) is 0 Å². The van der Waals surface area contributed by atoms with E-state index in [-0.39, 0.29) is 12.0 Å². The molecule has 24 heavy (non-hydrogen) atoms. The Balaban J connectivity index is 2.00. The van der Waals surface area contributed by atoms with Crippen molar-refractivity contribution in [3.63, 3.8) is 0 Å². The molecule has 0 aliphatic heterocycles. The maximum absolute atomic E-state index is 11.7. The van der Waals surface area contributed by atoms with Crippen molar-refractivity contribution in [3.05, 3.63) is 42.6 Å². The largest absolute Gasteiger partial charge is 0.489 e. The van der Waals surface area contributed by atoms with Crippen molar-refractivity contribution in [1.82, 2.24) is 4.98 Å². The van der Waals surface area contributed by atoms with Crippen molar-refractivity contribution in [1.29, 1.82) is 0 Å². The fourth-order valence-electron chi connectivity index (χ4n) is 2.17. The molecule has 1 amide bonds. The summed E-state index contributed by atoms with van der Waals surface area (Å²) in [6.07, 6.45) is 4.21. The molecule has 0 saturated heterocycles. The van der Waals surface area contributed by atoms with Crippen LogP contribution < -0.4 is 15.4 Å². The Bertz CT molecular complexity index is 654. The van der Waals surface area contributed by atoms with Crippen LogP contribution in [0.25, 0.3) is 0 Å². The van der Waals surface area contributed by atoms with Crippen molar-refractivity contribution >= 4 is 23.1 Å². The Kier molecular flexibility index (Phi) is 6.61. The van der Waals surface area contributed by atoms with E-state index in [1.54, 1.807) is 12.3 Å². The molecule has 0 atom stereocenters. The zero-order chi connectivity index (χ0) is 17.4. The molecule has 1 aromatic carbocycles. The first-order valence-corrected chi connectivity index (χ1v) is 8.37. The second kappa shape index (κ2) is 8.91. The molecule has 0 radical (unpaired) electrons. The standard InChI is InChI=1S/C19H25N3O2/c1-4-5-10-19(23)22-18-12-11-15(13-20-18)21-16-8-6-7-9-17(16)24-14(2)3/h6-9,11-14,21H,4-5,10H2,1-3H3,(H,20,22,23). The molecular weight excluding hydrogens is 302 g/mol. The number of hydrogen-bond donors (Lipinski definition) is 2. The monoisotopic (exact) mass is 327 g/mol. The first-order chi connectivity index (χ1) is 11.6. The van der Waals surface area contributed by atoms with Crippen molar-refractivity contribution in [2.75, 3.05) is 10.6 Å². The van der Waals surface area contributed by atoms with Gasteiger partial charge in [0.05, 0.1) is 23.7 Å². The van der Waals surface area contributed by atoms with Crippen molar-refractivity contribution in [2.45, 2.75) is 46.1 Å². The molecule has 2 rings (SSSR count). The Morgan fingerprint density at radius 3 is 2.67 bits per heavy atom. The SMILES string of the molecule is CCCCC(=O)Nc1ccc(Nc2ccccc2OC(C)C)cn1. The lowest BCUT2D eigenvalue weighted by Crippen LogP contribution is -2.12. The zero-order valence-corrected chi connectivity index (χ0v) is 14.5. The third-order valence-electron chi connectivity index (χ3n) is 3.32. The van der Waals surface area contributed by atoms with E-state index in [0.29, 0.717) is 12.2 Å². The molecule has 0 saturated carbocycles. The molecule has 1 aromatic heterocycles. The van der Waals surface area contributed by atoms with Gasteiger partial charge in [-0.2, -0.15) is 0 Å². The predicted octanol–water partition coefficient (Wildman–Crippen LogP) is 4.74. The van der Waals surface area contributed by atoms with E-state index in [4.69, 9.17) is 4.74 Å². The minimum absolute atomic E-state index is 0.000684. The highest BCUT2D eigenvalue weighted by Gasteiger charge is 2.06. The number of aromatic nitrogens is 1. The van der Waals surface area contributed by atoms with Crippen LogP contribution in [0.1, 0.15) is 40.0 Å². The number of carbonyl (C=O) groups excluding carboxylic acids is 1. The molecule has 0 aliphatic carbocycles. The molecule has 0 unspecified atom stereocenters. The summed E-state index contributed by atoms with van der Waals surface area (Å²) >= 11 is 0. The normalized spacial score (nSPS) is 10.5. The summed E-state index contributed by atoms with van der Waals surface area (Å²) in [7, 11) is 0. The molecule has 0 bridgehead atoms. The number of nitrogens with one attached hydrogen (secondary N) is 2. The number of anilines is 3. The molecule has 0 spiro atoms. The third kappa shape index (κ3) is 5.57. The number of para-hydroxylation sites is 2. The van der Waals surface area contributed by atoms with Crippen molar-refractivity contribution in [2.24, 2.45) is 0 Å². The molecule has 1 heterocycles. The topological polar surface area (TPSA) is 63.2 Å². The van der Waals surface area contributed by atoms with Crippen LogP contribution in [0.3, 0.4) is 0 Å². The van der Waals surface area contributed by atoms with Gasteiger partial charge in [-0.25, -0.2) is 4.98 Å². The van der Waals surface area contributed by atoms with E-state index in [1.165, 1.54) is 0 Å². The predicted molar refractivity (Wildman–Crippen MR) is 97.9 cm³/mol. The van der Waals surface area contributed by atoms with Gasteiger partial charge in [-0.15, -0.1) is 0 Å². The first kappa shape index (κ1) is 17.8. The van der Waals surface area contributed by atoms with Crippen LogP contribution in [0.4, 0.5) is 17.2 Å². The summed E-state index contributed by atoms with van der Waals surface area (Å²) in [6.45, 7) is 6.05. The zero-order valence-electron chi connectivity index (χ0n) is 14.5. The second-order valence-electron chi connectivity index (χ2n) is 5.87. The average Bonchev–Trinajstić information content (AvgIpc) is 2.56. The summed E-state index contributed by atoms with van der Waals surface area (Å²) in [5.41, 5.74) is 1.72. The highest BCUT2D eigenvalue weighted by Crippen LogP contribution is 2.28. The minimum atomic E-state index is 0.000684. The van der Waals surface area contributed by atoms with Gasteiger partial charge in [0.25, 0.3) is 0 Å². The van der Waals surface area contributed by atoms with Crippen LogP contribution in [0.2, 0.25) is 0 Å². The van der Waals surface area contributed by atoms with Crippen LogP contribution in [0.15, 0.2) is 42.6 Å². The third-order valence-corrected chi connectivity index (χ3v) is 3.32. The van der Waals surface area contributed by atoms with Gasteiger partial charge in [-0.1, -0.05) is 25.5 Å². The minimum Gasteiger partial charge on any atom is -0.489 e. The number of unbranched alkanes of at least 4 members (excludes halogenated alkanes) is 1. The van der Waals surface area contributed by atoms with E-state index in [0.717, 1.165) is 30.0 Å². The second-order valence-corrected chi connectivity index (χ2v) is 5.87. The van der Waals surface area contributed by atoms with Crippen LogP contribution >= 0.6 is 0 Å². The molecule has 128 valence electrons. The van der Waals surface area contributed by atoms with Crippen molar-refractivity contribution in [3.8, 4) is 5.75 Å². The summed E-state index contributed by atoms with van der Waals surface area (Å²) in [5.74, 6) is 1.36. The summed E-state index contributed by atoms with van der Waals surface area (Å²) in [4.78, 5) is 16.0. The maximum Gasteiger partial charge on any atom is 0.225 e. The highest BCUT2D eigenvalue weighted by molar-refractivity contribution is 5.89. The maximum atomic E-state index is 11.7. The average molecular weight is 327 g/mol. The lowest BCUT2D eigenvalue weighted by Gasteiger charge is -2.15. The van der Waals surface area contributed by atoms with E-state index in [9.17, 15) is 4.79 Å². The Morgan fingerprint density at radius 2 is 2.00 bits per heavy atom. The van der Waals surface area contributed by atoms with Crippen LogP contribution in [-0.4, -0.2) is 17.0 Å². The fourth-order valence-corrected chi connectivity index (χ4v) is 2.17. The van der Waals surface area contributed by atoms with Gasteiger partial charge < -0.3 is 15.4 Å². The van der Waals surface area contributed by atoms with Gasteiger partial charge in [-0.05, 0) is 44.5 Å². The van der Waals surface area contributed by atoms with E-state index in [1.807, 2.05) is 44.2 Å². The number of hydrogen-bond acceptors (Lipinski definition) is 4. The first-order valence-electron chi connectivity index (χ1n) is 8.37. The molecule has 2 N–H and O–H groups in total. The number of ether oxygens (including phenoxy) is 1. The molecular formula is C19H25N3O2. The highest BCUT2D eigenvalue weighted by atomic mass is 16.5. The van der Waals surface area contributed by atoms with E-state index >= 15 is 0 Å². The van der Waals surface area contributed by atoms with Crippen LogP contribution in [0.5, 0.6) is 5.75 Å².